The largest absolute Gasteiger partial charge is 0.355 e. The summed E-state index contributed by atoms with van der Waals surface area (Å²) < 4.78 is 1.94. The Labute approximate surface area is 171 Å². The Kier molecular flexibility index (Phi) is 5.84. The second-order valence-corrected chi connectivity index (χ2v) is 7.67. The molecule has 0 unspecified atom stereocenters. The highest BCUT2D eigenvalue weighted by molar-refractivity contribution is 6.03. The van der Waals surface area contributed by atoms with Crippen molar-refractivity contribution in [2.45, 2.75) is 41.2 Å². The lowest BCUT2D eigenvalue weighted by atomic mass is 10.1. The molecule has 29 heavy (non-hydrogen) atoms. The van der Waals surface area contributed by atoms with E-state index in [0.717, 1.165) is 33.9 Å². The number of carbonyl (C=O) groups is 2. The van der Waals surface area contributed by atoms with E-state index in [0.29, 0.717) is 17.8 Å². The minimum absolute atomic E-state index is 0.0219. The normalized spacial score (nSPS) is 11.3. The first-order valence-electron chi connectivity index (χ1n) is 9.73. The summed E-state index contributed by atoms with van der Waals surface area (Å²) in [5.41, 5.74) is 6.78. The van der Waals surface area contributed by atoms with Crippen LogP contribution in [0.15, 0.2) is 30.3 Å². The number of H-pyrrole nitrogens is 1. The van der Waals surface area contributed by atoms with Crippen molar-refractivity contribution in [2.24, 2.45) is 0 Å². The van der Waals surface area contributed by atoms with Gasteiger partial charge in [0.05, 0.1) is 23.6 Å². The molecule has 0 aliphatic heterocycles. The van der Waals surface area contributed by atoms with Gasteiger partial charge < -0.3 is 4.98 Å². The number of nitrogens with zero attached hydrogens (tertiary/aromatic N) is 3. The number of benzene rings is 1. The average molecular weight is 393 g/mol. The van der Waals surface area contributed by atoms with Gasteiger partial charge in [-0.1, -0.05) is 18.2 Å². The molecule has 0 amide bonds. The highest BCUT2D eigenvalue weighted by Crippen LogP contribution is 2.21. The van der Waals surface area contributed by atoms with Gasteiger partial charge in [0.25, 0.3) is 0 Å². The third-order valence-electron chi connectivity index (χ3n) is 5.35. The van der Waals surface area contributed by atoms with Crippen molar-refractivity contribution in [3.05, 3.63) is 69.8 Å². The van der Waals surface area contributed by atoms with Gasteiger partial charge in [-0.25, -0.2) is 4.68 Å². The van der Waals surface area contributed by atoms with Crippen LogP contribution in [0, 0.1) is 27.7 Å². The van der Waals surface area contributed by atoms with E-state index in [2.05, 4.69) is 17.0 Å². The van der Waals surface area contributed by atoms with Crippen LogP contribution in [0.25, 0.3) is 5.69 Å². The third kappa shape index (κ3) is 4.07. The molecule has 3 rings (SSSR count). The van der Waals surface area contributed by atoms with Crippen LogP contribution >= 0.6 is 0 Å². The molecule has 1 N–H and O–H groups in total. The number of para-hydroxylation sites is 1. The Morgan fingerprint density at radius 2 is 1.76 bits per heavy atom. The van der Waals surface area contributed by atoms with Crippen molar-refractivity contribution in [1.82, 2.24) is 19.7 Å². The smallest absolute Gasteiger partial charge is 0.193 e. The molecule has 2 heterocycles. The predicted octanol–water partition coefficient (Wildman–Crippen LogP) is 3.95. The minimum atomic E-state index is -0.0248. The molecule has 0 saturated heterocycles. The lowest BCUT2D eigenvalue weighted by Crippen LogP contribution is -2.26. The van der Waals surface area contributed by atoms with E-state index in [9.17, 15) is 9.59 Å². The number of hydrogen-bond acceptors (Lipinski definition) is 4. The second kappa shape index (κ2) is 8.17. The van der Waals surface area contributed by atoms with Gasteiger partial charge in [0, 0.05) is 29.1 Å². The number of aryl methyl sites for hydroxylation is 2. The molecule has 0 fully saturated rings. The summed E-state index contributed by atoms with van der Waals surface area (Å²) in [4.78, 5) is 29.8. The molecule has 1 aromatic carbocycles. The Bertz CT molecular complexity index is 1060. The minimum Gasteiger partial charge on any atom is -0.355 e. The molecule has 0 bridgehead atoms. The molecule has 0 saturated carbocycles. The SMILES string of the molecule is CC(=O)c1c(C)[nH]c(C(=O)CN(C)Cc2c(C)nn(-c3ccccc3)c2C)c1C. The molecule has 0 atom stereocenters. The number of hydrogen-bond donors (Lipinski definition) is 1. The molecular weight excluding hydrogens is 364 g/mol. The van der Waals surface area contributed by atoms with Crippen LogP contribution in [-0.4, -0.2) is 44.8 Å². The topological polar surface area (TPSA) is 71.0 Å². The molecule has 0 radical (unpaired) electrons. The van der Waals surface area contributed by atoms with Gasteiger partial charge in [0.2, 0.25) is 0 Å². The van der Waals surface area contributed by atoms with Gasteiger partial charge in [0.15, 0.2) is 11.6 Å². The molecule has 6 nitrogen and oxygen atoms in total. The Balaban J connectivity index is 1.77. The number of nitrogens with one attached hydrogen (secondary N) is 1. The van der Waals surface area contributed by atoms with Crippen molar-refractivity contribution in [2.75, 3.05) is 13.6 Å². The van der Waals surface area contributed by atoms with Gasteiger partial charge >= 0.3 is 0 Å². The molecule has 6 heteroatoms. The summed E-state index contributed by atoms with van der Waals surface area (Å²) in [5, 5.41) is 4.68. The van der Waals surface area contributed by atoms with Crippen LogP contribution in [0.1, 0.15) is 56.0 Å². The number of Topliss-reactive ketones (excluding diaryl/α,β-unsaturated/α-hetero) is 2. The van der Waals surface area contributed by atoms with E-state index in [1.54, 1.807) is 0 Å². The first kappa shape index (κ1) is 20.7. The highest BCUT2D eigenvalue weighted by Gasteiger charge is 2.22. The van der Waals surface area contributed by atoms with E-state index in [1.165, 1.54) is 6.92 Å². The zero-order valence-corrected chi connectivity index (χ0v) is 18.0. The summed E-state index contributed by atoms with van der Waals surface area (Å²) in [5.74, 6) is -0.0467. The van der Waals surface area contributed by atoms with Crippen molar-refractivity contribution in [3.8, 4) is 5.69 Å². The zero-order chi connectivity index (χ0) is 21.3. The van der Waals surface area contributed by atoms with E-state index >= 15 is 0 Å². The van der Waals surface area contributed by atoms with Gasteiger partial charge in [-0.15, -0.1) is 0 Å². The Hall–Kier alpha value is -2.99. The molecule has 152 valence electrons. The number of carbonyl (C=O) groups excluding carboxylic acids is 2. The zero-order valence-electron chi connectivity index (χ0n) is 18.0. The molecular formula is C23H28N4O2. The summed E-state index contributed by atoms with van der Waals surface area (Å²) in [6.45, 7) is 10.1. The Morgan fingerprint density at radius 3 is 2.34 bits per heavy atom. The first-order chi connectivity index (χ1) is 13.7. The maximum atomic E-state index is 12.8. The lowest BCUT2D eigenvalue weighted by molar-refractivity contribution is 0.0937. The van der Waals surface area contributed by atoms with E-state index in [-0.39, 0.29) is 18.1 Å². The van der Waals surface area contributed by atoms with Gasteiger partial charge in [0.1, 0.15) is 0 Å². The van der Waals surface area contributed by atoms with Crippen molar-refractivity contribution in [3.63, 3.8) is 0 Å². The van der Waals surface area contributed by atoms with Crippen LogP contribution in [0.3, 0.4) is 0 Å². The molecule has 0 aliphatic rings. The van der Waals surface area contributed by atoms with Crippen LogP contribution in [-0.2, 0) is 6.54 Å². The maximum Gasteiger partial charge on any atom is 0.193 e. The number of aromatic amines is 1. The third-order valence-corrected chi connectivity index (χ3v) is 5.35. The van der Waals surface area contributed by atoms with Crippen LogP contribution in [0.5, 0.6) is 0 Å². The molecule has 0 spiro atoms. The molecule has 2 aromatic heterocycles. The fourth-order valence-electron chi connectivity index (χ4n) is 3.93. The summed E-state index contributed by atoms with van der Waals surface area (Å²) in [7, 11) is 1.92. The van der Waals surface area contributed by atoms with Gasteiger partial charge in [-0.05, 0) is 59.4 Å². The van der Waals surface area contributed by atoms with Crippen LogP contribution in [0.2, 0.25) is 0 Å². The summed E-state index contributed by atoms with van der Waals surface area (Å²) in [6.07, 6.45) is 0. The lowest BCUT2D eigenvalue weighted by Gasteiger charge is -2.16. The Morgan fingerprint density at radius 1 is 1.10 bits per heavy atom. The predicted molar refractivity (Wildman–Crippen MR) is 114 cm³/mol. The van der Waals surface area contributed by atoms with Crippen molar-refractivity contribution >= 4 is 11.6 Å². The number of rotatable bonds is 7. The fourth-order valence-corrected chi connectivity index (χ4v) is 3.93. The quantitative estimate of drug-likeness (QED) is 0.618. The second-order valence-electron chi connectivity index (χ2n) is 7.67. The number of likely N-dealkylation sites (N-methyl/N-ethyl adjacent to an activating group) is 1. The average Bonchev–Trinajstić information content (AvgIpc) is 3.12. The highest BCUT2D eigenvalue weighted by atomic mass is 16.1. The summed E-state index contributed by atoms with van der Waals surface area (Å²) in [6, 6.07) is 10.0. The molecule has 0 aliphatic carbocycles. The number of aromatic nitrogens is 3. The van der Waals surface area contributed by atoms with E-state index in [4.69, 9.17) is 0 Å². The van der Waals surface area contributed by atoms with Gasteiger partial charge in [-0.2, -0.15) is 5.10 Å². The fraction of sp³-hybridized carbons (Fsp3) is 0.348. The van der Waals surface area contributed by atoms with E-state index in [1.807, 2.05) is 67.7 Å². The van der Waals surface area contributed by atoms with E-state index < -0.39 is 0 Å². The number of ketones is 2. The maximum absolute atomic E-state index is 12.8. The molecule has 3 aromatic rings. The standard InChI is InChI=1S/C23H28N4O2/c1-14-22(18(5)28)16(3)24-23(14)21(29)13-26(6)12-20-15(2)25-27(17(20)4)19-10-8-7-9-11-19/h7-11,24H,12-13H2,1-6H3. The summed E-state index contributed by atoms with van der Waals surface area (Å²) >= 11 is 0. The van der Waals surface area contributed by atoms with Crippen molar-refractivity contribution < 1.29 is 9.59 Å². The van der Waals surface area contributed by atoms with Gasteiger partial charge in [-0.3, -0.25) is 14.5 Å². The van der Waals surface area contributed by atoms with Crippen molar-refractivity contribution in [1.29, 1.82) is 0 Å². The van der Waals surface area contributed by atoms with Crippen LogP contribution < -0.4 is 0 Å². The first-order valence-corrected chi connectivity index (χ1v) is 9.73. The van der Waals surface area contributed by atoms with Crippen LogP contribution in [0.4, 0.5) is 0 Å². The monoisotopic (exact) mass is 392 g/mol.